The summed E-state index contributed by atoms with van der Waals surface area (Å²) in [4.78, 5) is 25.6. The van der Waals surface area contributed by atoms with Gasteiger partial charge in [-0.05, 0) is 64.2 Å². The molecule has 0 aliphatic carbocycles. The Hall–Kier alpha value is 2.47. The van der Waals surface area contributed by atoms with E-state index in [4.69, 9.17) is 33.5 Å². The molecule has 0 aromatic carbocycles. The summed E-state index contributed by atoms with van der Waals surface area (Å²) in [5.74, 6) is 0. The van der Waals surface area contributed by atoms with Crippen molar-refractivity contribution in [3.8, 4) is 0 Å². The summed E-state index contributed by atoms with van der Waals surface area (Å²) in [5.41, 5.74) is 0. The Bertz CT molecular complexity index is 745. The van der Waals surface area contributed by atoms with Crippen LogP contribution >= 0.6 is 7.82 Å². The third kappa shape index (κ3) is 41.9. The normalized spacial score (nSPS) is 18.1. The van der Waals surface area contributed by atoms with Crippen LogP contribution in [0.2, 0.25) is 0 Å². The molecule has 284 valence electrons. The van der Waals surface area contributed by atoms with Crippen LogP contribution in [-0.4, -0.2) is 37.6 Å². The Morgan fingerprint density at radius 1 is 0.569 bits per heavy atom. The van der Waals surface area contributed by atoms with Crippen molar-refractivity contribution in [1.29, 1.82) is 0 Å². The monoisotopic (exact) mass is 766 g/mol. The summed E-state index contributed by atoms with van der Waals surface area (Å²) in [6.45, 7) is 6.57. The van der Waals surface area contributed by atoms with Crippen LogP contribution in [0.15, 0.2) is 24.3 Å². The number of phosphoric acid groups is 1. The maximum atomic E-state index is 8.55. The molecule has 0 N–H and O–H groups in total. The Balaban J connectivity index is -0.00000268. The zero-order chi connectivity index (χ0) is 35.0. The SMILES string of the molecule is CCCCCCCC/C=C\C(CCCCCCC1CCO1)OC(/C=C\CCCCCCCC)CCCCCCC1CCO1.O=P([O-])([O-])[O-].[Na+].[Na+].[Na+]. The molecule has 0 spiro atoms. The minimum absolute atomic E-state index is 0. The Labute approximate surface area is 381 Å². The van der Waals surface area contributed by atoms with E-state index in [0.717, 1.165) is 26.1 Å². The van der Waals surface area contributed by atoms with Gasteiger partial charge in [-0.15, -0.1) is 0 Å². The summed E-state index contributed by atoms with van der Waals surface area (Å²) in [6.07, 6.45) is 48.1. The molecular weight excluding hydrogens is 692 g/mol. The maximum absolute atomic E-state index is 8.55. The number of hydrogen-bond acceptors (Lipinski definition) is 7. The van der Waals surface area contributed by atoms with Gasteiger partial charge in [-0.1, -0.05) is 154 Å². The van der Waals surface area contributed by atoms with Gasteiger partial charge >= 0.3 is 88.7 Å². The zero-order valence-corrected chi connectivity index (χ0v) is 41.0. The van der Waals surface area contributed by atoms with E-state index in [1.54, 1.807) is 0 Å². The third-order valence-corrected chi connectivity index (χ3v) is 9.62. The first-order chi connectivity index (χ1) is 23.3. The molecule has 2 fully saturated rings. The average molecular weight is 767 g/mol. The molecule has 11 heteroatoms. The number of rotatable bonds is 32. The molecule has 0 amide bonds. The standard InChI is InChI=1S/C40H74O3.3Na.H3O4P/c1-3-5-7-9-11-13-15-23-29-39(31-25-19-17-21-27-37-33-35-41-37)43-40(30-24-16-14-12-10-8-6-4-2)32-26-20-18-22-28-38-34-36-42-38;;;;1-5(2,3)4/h23-24,29-30,37-40H,3-22,25-28,31-36H2,1-2H3;;;;(H3,1,2,3,4)/q;3*+1;/p-3/b29-23-,30-24-;;;;. The van der Waals surface area contributed by atoms with E-state index < -0.39 is 7.82 Å². The first-order valence-electron chi connectivity index (χ1n) is 20.3. The molecule has 2 aliphatic heterocycles. The topological polar surface area (TPSA) is 114 Å². The molecule has 0 aromatic heterocycles. The van der Waals surface area contributed by atoms with E-state index in [0.29, 0.717) is 12.2 Å². The predicted octanol–water partition coefficient (Wildman–Crippen LogP) is 0.800. The molecule has 4 atom stereocenters. The van der Waals surface area contributed by atoms with Gasteiger partial charge in [0, 0.05) is 13.2 Å². The number of allylic oxidation sites excluding steroid dienone is 2. The van der Waals surface area contributed by atoms with Crippen molar-refractivity contribution in [1.82, 2.24) is 0 Å². The molecule has 4 unspecified atom stereocenters. The van der Waals surface area contributed by atoms with Gasteiger partial charge in [0.05, 0.1) is 24.4 Å². The summed E-state index contributed by atoms with van der Waals surface area (Å²) >= 11 is 0. The Morgan fingerprint density at radius 2 is 0.882 bits per heavy atom. The molecule has 0 bridgehead atoms. The van der Waals surface area contributed by atoms with Crippen LogP contribution in [0, 0.1) is 0 Å². The fourth-order valence-electron chi connectivity index (χ4n) is 6.39. The molecule has 51 heavy (non-hydrogen) atoms. The molecule has 2 aliphatic rings. The quantitative estimate of drug-likeness (QED) is 0.0431. The fraction of sp³-hybridized carbons (Fsp3) is 0.900. The fourth-order valence-corrected chi connectivity index (χ4v) is 6.39. The van der Waals surface area contributed by atoms with Gasteiger partial charge in [0.15, 0.2) is 0 Å². The summed E-state index contributed by atoms with van der Waals surface area (Å²) in [5, 5.41) is 0. The first kappa shape index (κ1) is 57.8. The van der Waals surface area contributed by atoms with E-state index >= 15 is 0 Å². The van der Waals surface area contributed by atoms with Gasteiger partial charge in [0.2, 0.25) is 0 Å². The Kier molecular flexibility index (Phi) is 47.7. The van der Waals surface area contributed by atoms with Crippen molar-refractivity contribution in [3.63, 3.8) is 0 Å². The minimum Gasteiger partial charge on any atom is -0.822 e. The van der Waals surface area contributed by atoms with E-state index in [1.807, 2.05) is 0 Å². The van der Waals surface area contributed by atoms with Crippen LogP contribution in [0.3, 0.4) is 0 Å². The average Bonchev–Trinajstić information content (AvgIpc) is 2.99. The van der Waals surface area contributed by atoms with Crippen LogP contribution in [0.25, 0.3) is 0 Å². The minimum atomic E-state index is -5.39. The van der Waals surface area contributed by atoms with E-state index in [9.17, 15) is 0 Å². The molecule has 2 heterocycles. The van der Waals surface area contributed by atoms with Gasteiger partial charge in [-0.2, -0.15) is 7.82 Å². The van der Waals surface area contributed by atoms with E-state index in [-0.39, 0.29) is 101 Å². The summed E-state index contributed by atoms with van der Waals surface area (Å²) in [7, 11) is -5.39. The van der Waals surface area contributed by atoms with E-state index in [1.165, 1.54) is 167 Å². The van der Waals surface area contributed by atoms with Crippen molar-refractivity contribution in [2.75, 3.05) is 13.2 Å². The summed E-state index contributed by atoms with van der Waals surface area (Å²) < 4.78 is 26.7. The van der Waals surface area contributed by atoms with Gasteiger partial charge in [0.1, 0.15) is 0 Å². The van der Waals surface area contributed by atoms with Gasteiger partial charge in [-0.3, -0.25) is 0 Å². The molecular formula is C40H74Na3O7P. The molecule has 0 radical (unpaired) electrons. The molecule has 0 aromatic rings. The van der Waals surface area contributed by atoms with Crippen molar-refractivity contribution in [2.24, 2.45) is 0 Å². The molecule has 0 saturated carbocycles. The van der Waals surface area contributed by atoms with Gasteiger partial charge in [-0.25, -0.2) is 0 Å². The largest absolute Gasteiger partial charge is 1.00 e. The summed E-state index contributed by atoms with van der Waals surface area (Å²) in [6, 6.07) is 0. The smallest absolute Gasteiger partial charge is 0.822 e. The van der Waals surface area contributed by atoms with Crippen molar-refractivity contribution in [2.45, 2.75) is 218 Å². The third-order valence-electron chi connectivity index (χ3n) is 9.62. The van der Waals surface area contributed by atoms with Crippen LogP contribution < -0.4 is 103 Å². The van der Waals surface area contributed by atoms with Crippen LogP contribution in [0.5, 0.6) is 0 Å². The maximum Gasteiger partial charge on any atom is 1.00 e. The van der Waals surface area contributed by atoms with Crippen LogP contribution in [0.4, 0.5) is 0 Å². The van der Waals surface area contributed by atoms with Crippen molar-refractivity contribution < 1.29 is 122 Å². The van der Waals surface area contributed by atoms with Crippen LogP contribution in [0.1, 0.15) is 194 Å². The van der Waals surface area contributed by atoms with Crippen molar-refractivity contribution >= 4 is 7.82 Å². The Morgan fingerprint density at radius 3 is 1.22 bits per heavy atom. The van der Waals surface area contributed by atoms with Crippen LogP contribution in [-0.2, 0) is 18.8 Å². The second-order valence-corrected chi connectivity index (χ2v) is 15.1. The van der Waals surface area contributed by atoms with Crippen molar-refractivity contribution in [3.05, 3.63) is 24.3 Å². The first-order valence-corrected chi connectivity index (χ1v) is 21.7. The molecule has 2 saturated heterocycles. The van der Waals surface area contributed by atoms with E-state index in [2.05, 4.69) is 38.2 Å². The molecule has 7 nitrogen and oxygen atoms in total. The number of hydrogen-bond donors (Lipinski definition) is 0. The zero-order valence-electron chi connectivity index (χ0n) is 34.1. The predicted molar refractivity (Wildman–Crippen MR) is 195 cm³/mol. The number of ether oxygens (including phenoxy) is 3. The molecule has 2 rings (SSSR count). The van der Waals surface area contributed by atoms with Gasteiger partial charge in [0.25, 0.3) is 0 Å². The number of unbranched alkanes of at least 4 members (excludes halogenated alkanes) is 18. The second kappa shape index (κ2) is 42.1. The van der Waals surface area contributed by atoms with Gasteiger partial charge < -0.3 is 33.5 Å². The second-order valence-electron chi connectivity index (χ2n) is 14.2.